The molecular weight excluding hydrogens is 456 g/mol. The van der Waals surface area contributed by atoms with Crippen molar-refractivity contribution in [3.05, 3.63) is 96.0 Å². The third kappa shape index (κ3) is 5.27. The topological polar surface area (TPSA) is 97.6 Å². The highest BCUT2D eigenvalue weighted by atomic mass is 16.5. The molecule has 1 N–H and O–H groups in total. The maximum Gasteiger partial charge on any atom is 0.294 e. The van der Waals surface area contributed by atoms with Gasteiger partial charge < -0.3 is 19.5 Å². The Hall–Kier alpha value is -4.46. The third-order valence-electron chi connectivity index (χ3n) is 6.18. The van der Waals surface area contributed by atoms with Crippen molar-refractivity contribution in [1.82, 2.24) is 15.0 Å². The van der Waals surface area contributed by atoms with Crippen molar-refractivity contribution >= 4 is 17.5 Å². The van der Waals surface area contributed by atoms with Gasteiger partial charge in [-0.3, -0.25) is 14.6 Å². The van der Waals surface area contributed by atoms with Gasteiger partial charge in [0.15, 0.2) is 0 Å². The van der Waals surface area contributed by atoms with E-state index < -0.39 is 0 Å². The van der Waals surface area contributed by atoms with E-state index in [0.29, 0.717) is 35.8 Å². The minimum atomic E-state index is -0.387. The van der Waals surface area contributed by atoms with Gasteiger partial charge in [0.25, 0.3) is 11.8 Å². The quantitative estimate of drug-likeness (QED) is 0.416. The van der Waals surface area contributed by atoms with Crippen LogP contribution in [0.15, 0.2) is 83.6 Å². The molecule has 0 radical (unpaired) electrons. The Balaban J connectivity index is 1.19. The van der Waals surface area contributed by atoms with E-state index in [1.54, 1.807) is 30.6 Å². The zero-order chi connectivity index (χ0) is 24.9. The number of piperidine rings is 1. The Labute approximate surface area is 208 Å². The first-order chi connectivity index (χ1) is 17.6. The SMILES string of the molecule is Cc1ccc(NC(=O)c2cc(-c3ccccc3)no2)cc1OC1CCN(C(=O)c2cccnc2)CC1. The van der Waals surface area contributed by atoms with Crippen LogP contribution in [-0.2, 0) is 0 Å². The highest BCUT2D eigenvalue weighted by Gasteiger charge is 2.25. The summed E-state index contributed by atoms with van der Waals surface area (Å²) in [5.74, 6) is 0.432. The molecule has 4 aromatic rings. The lowest BCUT2D eigenvalue weighted by atomic mass is 10.1. The number of nitrogens with one attached hydrogen (secondary N) is 1. The van der Waals surface area contributed by atoms with Crippen molar-refractivity contribution in [2.45, 2.75) is 25.9 Å². The number of benzene rings is 2. The maximum absolute atomic E-state index is 12.7. The molecule has 36 heavy (non-hydrogen) atoms. The van der Waals surface area contributed by atoms with Crippen molar-refractivity contribution in [2.75, 3.05) is 18.4 Å². The maximum atomic E-state index is 12.7. The van der Waals surface area contributed by atoms with Crippen LogP contribution in [0.1, 0.15) is 39.3 Å². The molecule has 0 bridgehead atoms. The lowest BCUT2D eigenvalue weighted by Gasteiger charge is -2.32. The molecule has 0 saturated carbocycles. The Morgan fingerprint density at radius 3 is 2.58 bits per heavy atom. The Morgan fingerprint density at radius 1 is 1.03 bits per heavy atom. The van der Waals surface area contributed by atoms with Crippen molar-refractivity contribution < 1.29 is 18.8 Å². The second-order valence-corrected chi connectivity index (χ2v) is 8.73. The summed E-state index contributed by atoms with van der Waals surface area (Å²) in [6.07, 6.45) is 4.68. The molecule has 3 heterocycles. The van der Waals surface area contributed by atoms with Gasteiger partial charge in [0.1, 0.15) is 17.5 Å². The fourth-order valence-corrected chi connectivity index (χ4v) is 4.15. The van der Waals surface area contributed by atoms with Crippen molar-refractivity contribution in [3.63, 3.8) is 0 Å². The number of anilines is 1. The zero-order valence-corrected chi connectivity index (χ0v) is 19.9. The van der Waals surface area contributed by atoms with Crippen LogP contribution in [0.2, 0.25) is 0 Å². The highest BCUT2D eigenvalue weighted by molar-refractivity contribution is 6.02. The van der Waals surface area contributed by atoms with E-state index in [1.807, 2.05) is 60.4 Å². The molecule has 1 aliphatic rings. The number of aromatic nitrogens is 2. The summed E-state index contributed by atoms with van der Waals surface area (Å²) in [5.41, 5.74) is 3.63. The fraction of sp³-hybridized carbons (Fsp3) is 0.214. The van der Waals surface area contributed by atoms with Crippen LogP contribution in [0.5, 0.6) is 5.75 Å². The Kier molecular flexibility index (Phi) is 6.75. The number of likely N-dealkylation sites (tertiary alicyclic amines) is 1. The Bertz CT molecular complexity index is 1350. The normalized spacial score (nSPS) is 13.9. The number of nitrogens with zero attached hydrogens (tertiary/aromatic N) is 3. The van der Waals surface area contributed by atoms with Crippen molar-refractivity contribution in [2.24, 2.45) is 0 Å². The molecular formula is C28H26N4O4. The molecule has 2 aromatic heterocycles. The number of rotatable bonds is 6. The third-order valence-corrected chi connectivity index (χ3v) is 6.18. The van der Waals surface area contributed by atoms with Gasteiger partial charge in [0.05, 0.1) is 5.56 Å². The fourth-order valence-electron chi connectivity index (χ4n) is 4.15. The van der Waals surface area contributed by atoms with E-state index in [-0.39, 0.29) is 23.7 Å². The largest absolute Gasteiger partial charge is 0.490 e. The number of amides is 2. The lowest BCUT2D eigenvalue weighted by Crippen LogP contribution is -2.41. The summed E-state index contributed by atoms with van der Waals surface area (Å²) in [7, 11) is 0. The smallest absolute Gasteiger partial charge is 0.294 e. The monoisotopic (exact) mass is 482 g/mol. The summed E-state index contributed by atoms with van der Waals surface area (Å²) in [6, 6.07) is 20.2. The van der Waals surface area contributed by atoms with Gasteiger partial charge in [-0.1, -0.05) is 41.6 Å². The molecule has 1 fully saturated rings. The molecule has 1 saturated heterocycles. The molecule has 8 nitrogen and oxygen atoms in total. The van der Waals surface area contributed by atoms with Crippen molar-refractivity contribution in [3.8, 4) is 17.0 Å². The van der Waals surface area contributed by atoms with Crippen LogP contribution in [0.3, 0.4) is 0 Å². The predicted octanol–water partition coefficient (Wildman–Crippen LogP) is 4.98. The molecule has 0 unspecified atom stereocenters. The number of hydrogen-bond donors (Lipinski definition) is 1. The van der Waals surface area contributed by atoms with Gasteiger partial charge in [-0.15, -0.1) is 0 Å². The molecule has 2 aromatic carbocycles. The summed E-state index contributed by atoms with van der Waals surface area (Å²) in [4.78, 5) is 31.3. The first-order valence-electron chi connectivity index (χ1n) is 11.9. The summed E-state index contributed by atoms with van der Waals surface area (Å²) in [6.45, 7) is 3.19. The summed E-state index contributed by atoms with van der Waals surface area (Å²) < 4.78 is 11.5. The van der Waals surface area contributed by atoms with Crippen LogP contribution in [0, 0.1) is 6.92 Å². The van der Waals surface area contributed by atoms with Crippen molar-refractivity contribution in [1.29, 1.82) is 0 Å². The lowest BCUT2D eigenvalue weighted by molar-refractivity contribution is 0.0594. The zero-order valence-electron chi connectivity index (χ0n) is 19.9. The number of carbonyl (C=O) groups is 2. The molecule has 8 heteroatoms. The minimum absolute atomic E-state index is 0.00900. The van der Waals surface area contributed by atoms with Gasteiger partial charge in [0.2, 0.25) is 5.76 Å². The number of carbonyl (C=O) groups excluding carboxylic acids is 2. The van der Waals surface area contributed by atoms with E-state index >= 15 is 0 Å². The summed E-state index contributed by atoms with van der Waals surface area (Å²) >= 11 is 0. The van der Waals surface area contributed by atoms with Gasteiger partial charge in [-0.2, -0.15) is 0 Å². The molecule has 2 amide bonds. The van der Waals surface area contributed by atoms with Crippen LogP contribution in [0.25, 0.3) is 11.3 Å². The van der Waals surface area contributed by atoms with Gasteiger partial charge in [0, 0.05) is 61.7 Å². The predicted molar refractivity (Wildman–Crippen MR) is 135 cm³/mol. The van der Waals surface area contributed by atoms with E-state index in [2.05, 4.69) is 15.5 Å². The number of hydrogen-bond acceptors (Lipinski definition) is 6. The average Bonchev–Trinajstić information content (AvgIpc) is 3.42. The van der Waals surface area contributed by atoms with E-state index in [9.17, 15) is 9.59 Å². The minimum Gasteiger partial charge on any atom is -0.490 e. The number of ether oxygens (including phenoxy) is 1. The molecule has 1 aliphatic heterocycles. The summed E-state index contributed by atoms with van der Waals surface area (Å²) in [5, 5.41) is 6.86. The van der Waals surface area contributed by atoms with E-state index in [0.717, 1.165) is 24.0 Å². The molecule has 5 rings (SSSR count). The molecule has 0 aliphatic carbocycles. The second kappa shape index (κ2) is 10.4. The van der Waals surface area contributed by atoms with Gasteiger partial charge >= 0.3 is 0 Å². The number of aryl methyl sites for hydroxylation is 1. The van der Waals surface area contributed by atoms with Crippen LogP contribution in [0.4, 0.5) is 5.69 Å². The van der Waals surface area contributed by atoms with Crippen LogP contribution in [-0.4, -0.2) is 46.0 Å². The Morgan fingerprint density at radius 2 is 1.83 bits per heavy atom. The van der Waals surface area contributed by atoms with Crippen LogP contribution >= 0.6 is 0 Å². The van der Waals surface area contributed by atoms with E-state index in [1.165, 1.54) is 0 Å². The highest BCUT2D eigenvalue weighted by Crippen LogP contribution is 2.27. The van der Waals surface area contributed by atoms with Gasteiger partial charge in [-0.25, -0.2) is 0 Å². The van der Waals surface area contributed by atoms with Crippen LogP contribution < -0.4 is 10.1 Å². The average molecular weight is 483 g/mol. The molecule has 182 valence electrons. The molecule has 0 atom stereocenters. The first kappa shape index (κ1) is 23.3. The molecule has 0 spiro atoms. The second-order valence-electron chi connectivity index (χ2n) is 8.73. The first-order valence-corrected chi connectivity index (χ1v) is 11.9. The number of pyridine rings is 1. The standard InChI is InChI=1S/C28H26N4O4/c1-19-9-10-22(30-27(33)26-17-24(31-36-26)20-6-3-2-4-7-20)16-25(19)35-23-11-14-32(15-12-23)28(34)21-8-5-13-29-18-21/h2-10,13,16-18,23H,11-12,14-15H2,1H3,(H,30,33). The van der Waals surface area contributed by atoms with E-state index in [4.69, 9.17) is 9.26 Å². The van der Waals surface area contributed by atoms with Gasteiger partial charge in [-0.05, 0) is 30.7 Å².